The van der Waals surface area contributed by atoms with E-state index in [4.69, 9.17) is 0 Å². The van der Waals surface area contributed by atoms with E-state index in [9.17, 15) is 0 Å². The third-order valence-electron chi connectivity index (χ3n) is 6.35. The molecule has 0 aliphatic heterocycles. The Morgan fingerprint density at radius 2 is 1.33 bits per heavy atom. The summed E-state index contributed by atoms with van der Waals surface area (Å²) in [4.78, 5) is 0. The van der Waals surface area contributed by atoms with Crippen molar-refractivity contribution in [1.29, 1.82) is 0 Å². The van der Waals surface area contributed by atoms with Crippen LogP contribution in [-0.4, -0.2) is 13.1 Å². The quantitative estimate of drug-likeness (QED) is 0.666. The topological polar surface area (TPSA) is 12.0 Å². The van der Waals surface area contributed by atoms with E-state index in [-0.39, 0.29) is 0 Å². The third kappa shape index (κ3) is 3.73. The van der Waals surface area contributed by atoms with Crippen LogP contribution in [0.25, 0.3) is 0 Å². The second-order valence-electron chi connectivity index (χ2n) is 8.06. The van der Waals surface area contributed by atoms with Crippen LogP contribution in [0.1, 0.15) is 75.2 Å². The van der Waals surface area contributed by atoms with Crippen LogP contribution in [0.3, 0.4) is 0 Å². The van der Waals surface area contributed by atoms with Gasteiger partial charge >= 0.3 is 0 Å². The zero-order valence-corrected chi connectivity index (χ0v) is 14.6. The molecule has 0 heterocycles. The first-order valence-electron chi connectivity index (χ1n) is 7.59. The maximum atomic E-state index is 3.42. The molecule has 0 saturated heterocycles. The number of nitrogens with one attached hydrogen (secondary N) is 1. The van der Waals surface area contributed by atoms with Gasteiger partial charge in [-0.05, 0) is 42.6 Å². The Kier molecular flexibility index (Phi) is 5.93. The summed E-state index contributed by atoms with van der Waals surface area (Å²) in [6.45, 7) is 21.5. The van der Waals surface area contributed by atoms with Gasteiger partial charge in [0.15, 0.2) is 0 Å². The minimum atomic E-state index is 0.329. The molecule has 0 aliphatic carbocycles. The molecule has 0 bridgehead atoms. The second-order valence-corrected chi connectivity index (χ2v) is 8.06. The highest BCUT2D eigenvalue weighted by atomic mass is 14.9. The average molecular weight is 255 g/mol. The van der Waals surface area contributed by atoms with Gasteiger partial charge in [-0.2, -0.15) is 0 Å². The molecule has 1 nitrogen and oxygen atoms in total. The zero-order valence-electron chi connectivity index (χ0n) is 14.6. The molecule has 0 aromatic carbocycles. The Morgan fingerprint density at radius 3 is 1.67 bits per heavy atom. The normalized spacial score (nSPS) is 17.7. The van der Waals surface area contributed by atoms with Gasteiger partial charge in [0.1, 0.15) is 0 Å². The lowest BCUT2D eigenvalue weighted by Crippen LogP contribution is -2.44. The van der Waals surface area contributed by atoms with Crippen LogP contribution in [0, 0.1) is 22.2 Å². The van der Waals surface area contributed by atoms with E-state index < -0.39 is 0 Å². The summed E-state index contributed by atoms with van der Waals surface area (Å²) in [5, 5.41) is 3.42. The highest BCUT2D eigenvalue weighted by molar-refractivity contribution is 4.92. The van der Waals surface area contributed by atoms with Crippen LogP contribution >= 0.6 is 0 Å². The first kappa shape index (κ1) is 18.0. The maximum Gasteiger partial charge on any atom is 0.00894 e. The maximum absolute atomic E-state index is 3.42. The zero-order chi connectivity index (χ0) is 14.8. The van der Waals surface area contributed by atoms with Crippen molar-refractivity contribution in [2.24, 2.45) is 22.2 Å². The summed E-state index contributed by atoms with van der Waals surface area (Å²) in [6, 6.07) is 0.549. The molecule has 1 N–H and O–H groups in total. The molecule has 18 heavy (non-hydrogen) atoms. The SMILES string of the molecule is CCC(C)(C)C(C)(C)CC(C)C(C)(C)C(C)NC. The molecule has 0 aliphatic rings. The standard InChI is InChI=1S/C17H37N/c1-11-15(4,5)16(6,7)12-13(2)17(8,9)14(3)18-10/h13-14,18H,11-12H2,1-10H3. The van der Waals surface area contributed by atoms with Crippen molar-refractivity contribution in [3.8, 4) is 0 Å². The van der Waals surface area contributed by atoms with Crippen molar-refractivity contribution in [3.05, 3.63) is 0 Å². The molecular weight excluding hydrogens is 218 g/mol. The molecule has 110 valence electrons. The van der Waals surface area contributed by atoms with Crippen LogP contribution < -0.4 is 5.32 Å². The van der Waals surface area contributed by atoms with Crippen molar-refractivity contribution < 1.29 is 0 Å². The monoisotopic (exact) mass is 255 g/mol. The Bertz CT molecular complexity index is 250. The van der Waals surface area contributed by atoms with Gasteiger partial charge in [-0.1, -0.05) is 61.8 Å². The summed E-state index contributed by atoms with van der Waals surface area (Å²) in [7, 11) is 2.07. The van der Waals surface area contributed by atoms with Crippen LogP contribution in [-0.2, 0) is 0 Å². The average Bonchev–Trinajstić information content (AvgIpc) is 2.26. The predicted molar refractivity (Wildman–Crippen MR) is 83.9 cm³/mol. The Hall–Kier alpha value is -0.0400. The molecule has 0 spiro atoms. The smallest absolute Gasteiger partial charge is 0.00894 e. The fourth-order valence-corrected chi connectivity index (χ4v) is 2.58. The first-order valence-corrected chi connectivity index (χ1v) is 7.59. The summed E-state index contributed by atoms with van der Waals surface area (Å²) in [6.07, 6.45) is 2.53. The Morgan fingerprint density at radius 1 is 0.889 bits per heavy atom. The second kappa shape index (κ2) is 5.94. The fraction of sp³-hybridized carbons (Fsp3) is 1.00. The molecule has 1 heteroatoms. The Balaban J connectivity index is 4.90. The molecule has 2 unspecified atom stereocenters. The van der Waals surface area contributed by atoms with Gasteiger partial charge in [0.05, 0.1) is 0 Å². The van der Waals surface area contributed by atoms with Crippen molar-refractivity contribution in [1.82, 2.24) is 5.32 Å². The van der Waals surface area contributed by atoms with Crippen LogP contribution in [0.4, 0.5) is 0 Å². The lowest BCUT2D eigenvalue weighted by Gasteiger charge is -2.47. The molecule has 0 aromatic heterocycles. The summed E-state index contributed by atoms with van der Waals surface area (Å²) >= 11 is 0. The molecule has 0 amide bonds. The van der Waals surface area contributed by atoms with Gasteiger partial charge in [0.25, 0.3) is 0 Å². The van der Waals surface area contributed by atoms with E-state index in [2.05, 4.69) is 74.7 Å². The van der Waals surface area contributed by atoms with E-state index >= 15 is 0 Å². The number of rotatable bonds is 7. The third-order valence-corrected chi connectivity index (χ3v) is 6.35. The molecular formula is C17H37N. The lowest BCUT2D eigenvalue weighted by atomic mass is 9.59. The highest BCUT2D eigenvalue weighted by Gasteiger charge is 2.40. The fourth-order valence-electron chi connectivity index (χ4n) is 2.58. The van der Waals surface area contributed by atoms with Gasteiger partial charge < -0.3 is 5.32 Å². The molecule has 0 radical (unpaired) electrons. The Labute approximate surface area is 116 Å². The predicted octanol–water partition coefficient (Wildman–Crippen LogP) is 5.11. The van der Waals surface area contributed by atoms with E-state index in [1.54, 1.807) is 0 Å². The van der Waals surface area contributed by atoms with Gasteiger partial charge in [-0.15, -0.1) is 0 Å². The molecule has 2 atom stereocenters. The number of hydrogen-bond donors (Lipinski definition) is 1. The largest absolute Gasteiger partial charge is 0.317 e. The summed E-state index contributed by atoms with van der Waals surface area (Å²) < 4.78 is 0. The molecule has 0 saturated carbocycles. The van der Waals surface area contributed by atoms with Gasteiger partial charge in [-0.3, -0.25) is 0 Å². The highest BCUT2D eigenvalue weighted by Crippen LogP contribution is 2.48. The van der Waals surface area contributed by atoms with Gasteiger partial charge in [0, 0.05) is 6.04 Å². The minimum Gasteiger partial charge on any atom is -0.317 e. The van der Waals surface area contributed by atoms with Gasteiger partial charge in [0.2, 0.25) is 0 Å². The minimum absolute atomic E-state index is 0.329. The van der Waals surface area contributed by atoms with Crippen molar-refractivity contribution in [2.45, 2.75) is 81.2 Å². The van der Waals surface area contributed by atoms with E-state index in [0.717, 1.165) is 0 Å². The number of hydrogen-bond acceptors (Lipinski definition) is 1. The van der Waals surface area contributed by atoms with Crippen molar-refractivity contribution in [3.63, 3.8) is 0 Å². The first-order chi connectivity index (χ1) is 7.92. The van der Waals surface area contributed by atoms with Gasteiger partial charge in [-0.25, -0.2) is 0 Å². The van der Waals surface area contributed by atoms with Crippen LogP contribution in [0.5, 0.6) is 0 Å². The lowest BCUT2D eigenvalue weighted by molar-refractivity contribution is 0.0365. The van der Waals surface area contributed by atoms with Crippen molar-refractivity contribution >= 4 is 0 Å². The van der Waals surface area contributed by atoms with Crippen LogP contribution in [0.2, 0.25) is 0 Å². The molecule has 0 rings (SSSR count). The van der Waals surface area contributed by atoms with E-state index in [0.29, 0.717) is 28.2 Å². The van der Waals surface area contributed by atoms with E-state index in [1.165, 1.54) is 12.8 Å². The molecule has 0 fully saturated rings. The van der Waals surface area contributed by atoms with E-state index in [1.807, 2.05) is 0 Å². The molecule has 0 aromatic rings. The summed E-state index contributed by atoms with van der Waals surface area (Å²) in [5.41, 5.74) is 1.11. The van der Waals surface area contributed by atoms with Crippen LogP contribution in [0.15, 0.2) is 0 Å². The summed E-state index contributed by atoms with van der Waals surface area (Å²) in [5.74, 6) is 0.709. The van der Waals surface area contributed by atoms with Crippen molar-refractivity contribution in [2.75, 3.05) is 7.05 Å².